The van der Waals surface area contributed by atoms with Gasteiger partial charge in [0.25, 0.3) is 0 Å². The minimum atomic E-state index is -1.33. The first-order valence-electron chi connectivity index (χ1n) is 7.43. The zero-order valence-electron chi connectivity index (χ0n) is 13.4. The third-order valence-corrected chi connectivity index (χ3v) is 3.38. The number of rotatable bonds is 6. The third kappa shape index (κ3) is 4.74. The highest BCUT2D eigenvalue weighted by Crippen LogP contribution is 2.14. The zero-order chi connectivity index (χ0) is 18.4. The van der Waals surface area contributed by atoms with Crippen LogP contribution < -0.4 is 10.6 Å². The van der Waals surface area contributed by atoms with E-state index in [0.717, 1.165) is 0 Å². The maximum absolute atomic E-state index is 12.4. The lowest BCUT2D eigenvalue weighted by molar-refractivity contribution is -0.126. The number of carbonyl (C=O) groups excluding carboxylic acids is 2. The first-order valence-corrected chi connectivity index (χ1v) is 7.43. The van der Waals surface area contributed by atoms with Gasteiger partial charge in [-0.05, 0) is 37.3 Å². The van der Waals surface area contributed by atoms with Crippen molar-refractivity contribution in [2.45, 2.75) is 6.92 Å². The van der Waals surface area contributed by atoms with Crippen molar-refractivity contribution >= 4 is 34.9 Å². The van der Waals surface area contributed by atoms with Gasteiger partial charge in [0.05, 0.1) is 5.56 Å². The molecule has 2 aromatic carbocycles. The van der Waals surface area contributed by atoms with E-state index in [1.54, 1.807) is 30.3 Å². The average molecular weight is 339 g/mol. The van der Waals surface area contributed by atoms with Gasteiger partial charge in [0, 0.05) is 17.1 Å². The number of aromatic carboxylic acids is 1. The van der Waals surface area contributed by atoms with Crippen LogP contribution in [0.15, 0.2) is 54.6 Å². The number of hydrogen-bond acceptors (Lipinski definition) is 4. The zero-order valence-corrected chi connectivity index (χ0v) is 13.4. The first kappa shape index (κ1) is 17.9. The van der Waals surface area contributed by atoms with Gasteiger partial charge >= 0.3 is 5.97 Å². The number of nitrogens with one attached hydrogen (secondary N) is 3. The average Bonchev–Trinajstić information content (AvgIpc) is 2.55. The van der Waals surface area contributed by atoms with Gasteiger partial charge in [0.2, 0.25) is 11.8 Å². The molecule has 2 amide bonds. The summed E-state index contributed by atoms with van der Waals surface area (Å²) in [7, 11) is 0. The molecule has 0 radical (unpaired) electrons. The van der Waals surface area contributed by atoms with E-state index in [9.17, 15) is 14.4 Å². The largest absolute Gasteiger partial charge is 0.478 e. The molecule has 1 atom stereocenters. The number of para-hydroxylation sites is 1. The highest BCUT2D eigenvalue weighted by Gasteiger charge is 2.29. The maximum atomic E-state index is 12.4. The Kier molecular flexibility index (Phi) is 5.62. The fourth-order valence-electron chi connectivity index (χ4n) is 2.19. The van der Waals surface area contributed by atoms with Gasteiger partial charge in [-0.2, -0.15) is 0 Å². The normalized spacial score (nSPS) is 11.2. The molecule has 0 bridgehead atoms. The molecule has 0 spiro atoms. The Hall–Kier alpha value is -3.48. The smallest absolute Gasteiger partial charge is 0.335 e. The highest BCUT2D eigenvalue weighted by molar-refractivity contribution is 6.24. The minimum Gasteiger partial charge on any atom is -0.478 e. The maximum Gasteiger partial charge on any atom is 0.335 e. The van der Waals surface area contributed by atoms with Gasteiger partial charge < -0.3 is 21.1 Å². The summed E-state index contributed by atoms with van der Waals surface area (Å²) < 4.78 is 0. The lowest BCUT2D eigenvalue weighted by Gasteiger charge is -2.16. The summed E-state index contributed by atoms with van der Waals surface area (Å²) in [6.07, 6.45) is 0. The molecular weight excluding hydrogens is 322 g/mol. The van der Waals surface area contributed by atoms with Crippen molar-refractivity contribution in [1.29, 1.82) is 5.41 Å². The van der Waals surface area contributed by atoms with Crippen LogP contribution in [0.25, 0.3) is 0 Å². The fraction of sp³-hybridized carbons (Fsp3) is 0.111. The summed E-state index contributed by atoms with van der Waals surface area (Å²) in [4.78, 5) is 35.7. The highest BCUT2D eigenvalue weighted by atomic mass is 16.4. The second-order valence-electron chi connectivity index (χ2n) is 5.35. The van der Waals surface area contributed by atoms with E-state index >= 15 is 0 Å². The Morgan fingerprint density at radius 3 is 2.04 bits per heavy atom. The van der Waals surface area contributed by atoms with E-state index in [4.69, 9.17) is 10.5 Å². The van der Waals surface area contributed by atoms with Crippen molar-refractivity contribution in [2.24, 2.45) is 5.92 Å². The lowest BCUT2D eigenvalue weighted by atomic mass is 10.0. The molecule has 7 nitrogen and oxygen atoms in total. The van der Waals surface area contributed by atoms with Crippen molar-refractivity contribution in [3.8, 4) is 0 Å². The van der Waals surface area contributed by atoms with Gasteiger partial charge in [0.15, 0.2) is 5.92 Å². The van der Waals surface area contributed by atoms with Gasteiger partial charge in [-0.1, -0.05) is 24.3 Å². The number of amides is 2. The molecular formula is C18H17N3O4. The molecule has 2 rings (SSSR count). The molecule has 25 heavy (non-hydrogen) atoms. The summed E-state index contributed by atoms with van der Waals surface area (Å²) in [6, 6.07) is 14.3. The molecule has 0 fully saturated rings. The number of carbonyl (C=O) groups is 3. The van der Waals surface area contributed by atoms with Crippen LogP contribution in [0.1, 0.15) is 17.3 Å². The Morgan fingerprint density at radius 1 is 0.920 bits per heavy atom. The molecule has 0 heterocycles. The van der Waals surface area contributed by atoms with Crippen molar-refractivity contribution in [3.63, 3.8) is 0 Å². The van der Waals surface area contributed by atoms with Crippen LogP contribution in [-0.4, -0.2) is 28.6 Å². The molecule has 0 saturated heterocycles. The van der Waals surface area contributed by atoms with Gasteiger partial charge in [-0.3, -0.25) is 9.59 Å². The molecule has 4 N–H and O–H groups in total. The summed E-state index contributed by atoms with van der Waals surface area (Å²) >= 11 is 0. The second kappa shape index (κ2) is 7.87. The second-order valence-corrected chi connectivity index (χ2v) is 5.35. The standard InChI is InChI=1S/C18H17N3O4/c1-11(19)15(16(22)20-13-7-3-2-4-8-13)17(23)21-14-9-5-6-12(10-14)18(24)25/h2-10,15,19H,1H3,(H,20,22)(H,21,23)(H,24,25). The van der Waals surface area contributed by atoms with Crippen molar-refractivity contribution in [1.82, 2.24) is 0 Å². The van der Waals surface area contributed by atoms with Gasteiger partial charge in [-0.15, -0.1) is 0 Å². The van der Waals surface area contributed by atoms with Crippen LogP contribution in [0.5, 0.6) is 0 Å². The van der Waals surface area contributed by atoms with E-state index in [2.05, 4.69) is 10.6 Å². The number of hydrogen-bond donors (Lipinski definition) is 4. The monoisotopic (exact) mass is 339 g/mol. The van der Waals surface area contributed by atoms with Crippen molar-refractivity contribution in [2.75, 3.05) is 10.6 Å². The van der Waals surface area contributed by atoms with Gasteiger partial charge in [0.1, 0.15) is 0 Å². The summed E-state index contributed by atoms with van der Waals surface area (Å²) in [5.74, 6) is -3.79. The molecule has 2 aromatic rings. The lowest BCUT2D eigenvalue weighted by Crippen LogP contribution is -2.38. The fourth-order valence-corrected chi connectivity index (χ4v) is 2.19. The van der Waals surface area contributed by atoms with E-state index in [1.807, 2.05) is 0 Å². The molecule has 7 heteroatoms. The summed E-state index contributed by atoms with van der Waals surface area (Å²) in [5, 5.41) is 21.8. The van der Waals surface area contributed by atoms with Crippen molar-refractivity contribution < 1.29 is 19.5 Å². The van der Waals surface area contributed by atoms with Crippen LogP contribution in [0, 0.1) is 11.3 Å². The molecule has 0 aliphatic carbocycles. The Balaban J connectivity index is 2.15. The minimum absolute atomic E-state index is 0.00895. The summed E-state index contributed by atoms with van der Waals surface area (Å²) in [5.41, 5.74) is 0.637. The van der Waals surface area contributed by atoms with Gasteiger partial charge in [-0.25, -0.2) is 4.79 Å². The van der Waals surface area contributed by atoms with Crippen LogP contribution in [-0.2, 0) is 9.59 Å². The molecule has 0 saturated carbocycles. The van der Waals surface area contributed by atoms with E-state index in [1.165, 1.54) is 31.2 Å². The van der Waals surface area contributed by atoms with Crippen LogP contribution in [0.2, 0.25) is 0 Å². The van der Waals surface area contributed by atoms with Crippen LogP contribution in [0.4, 0.5) is 11.4 Å². The Bertz CT molecular complexity index is 818. The number of carboxylic acids is 1. The molecule has 0 aliphatic rings. The molecule has 128 valence electrons. The molecule has 0 aliphatic heterocycles. The molecule has 0 aromatic heterocycles. The van der Waals surface area contributed by atoms with Crippen molar-refractivity contribution in [3.05, 3.63) is 60.2 Å². The first-order chi connectivity index (χ1) is 11.9. The SMILES string of the molecule is CC(=N)C(C(=O)Nc1ccccc1)C(=O)Nc1cccc(C(=O)O)c1. The van der Waals surface area contributed by atoms with E-state index in [0.29, 0.717) is 5.69 Å². The van der Waals surface area contributed by atoms with E-state index in [-0.39, 0.29) is 17.0 Å². The van der Waals surface area contributed by atoms with Crippen LogP contribution in [0.3, 0.4) is 0 Å². The quantitative estimate of drug-likeness (QED) is 0.477. The summed E-state index contributed by atoms with van der Waals surface area (Å²) in [6.45, 7) is 1.36. The van der Waals surface area contributed by atoms with E-state index < -0.39 is 23.7 Å². The predicted octanol–water partition coefficient (Wildman–Crippen LogP) is 2.62. The topological polar surface area (TPSA) is 119 Å². The third-order valence-electron chi connectivity index (χ3n) is 3.38. The number of anilines is 2. The number of benzene rings is 2. The van der Waals surface area contributed by atoms with Crippen LogP contribution >= 0.6 is 0 Å². The number of carboxylic acid groups (broad SMARTS) is 1. The Labute approximate surface area is 144 Å². The predicted molar refractivity (Wildman–Crippen MR) is 94.0 cm³/mol. The molecule has 1 unspecified atom stereocenters. The Morgan fingerprint density at radius 2 is 1.48 bits per heavy atom.